The average Bonchev–Trinajstić information content (AvgIpc) is 2.88. The van der Waals surface area contributed by atoms with Crippen molar-refractivity contribution in [1.82, 2.24) is 9.97 Å². The zero-order chi connectivity index (χ0) is 14.3. The molecule has 102 valence electrons. The van der Waals surface area contributed by atoms with E-state index in [2.05, 4.69) is 9.97 Å². The Bertz CT molecular complexity index is 801. The molecule has 0 radical (unpaired) electrons. The van der Waals surface area contributed by atoms with Gasteiger partial charge in [-0.05, 0) is 29.5 Å². The first-order valence-electron chi connectivity index (χ1n) is 5.99. The van der Waals surface area contributed by atoms with Crippen LogP contribution in [0.3, 0.4) is 0 Å². The van der Waals surface area contributed by atoms with E-state index in [-0.39, 0.29) is 16.1 Å². The van der Waals surface area contributed by atoms with E-state index in [1.54, 1.807) is 0 Å². The Balaban J connectivity index is 2.30. The molecule has 0 bridgehead atoms. The van der Waals surface area contributed by atoms with Crippen LogP contribution in [-0.4, -0.2) is 9.97 Å². The number of rotatable bonds is 2. The van der Waals surface area contributed by atoms with Gasteiger partial charge in [-0.1, -0.05) is 18.5 Å². The topological polar surface area (TPSA) is 25.8 Å². The number of benzene rings is 1. The Kier molecular flexibility index (Phi) is 3.40. The molecule has 3 aromatic rings. The molecular formula is C14H9ClF2N2S. The highest BCUT2D eigenvalue weighted by Crippen LogP contribution is 2.31. The SMILES string of the molecule is CCc1ccsc1-c1nc(Cl)c2cc(F)cc(F)c2n1. The van der Waals surface area contributed by atoms with Crippen molar-refractivity contribution < 1.29 is 8.78 Å². The Morgan fingerprint density at radius 3 is 2.80 bits per heavy atom. The molecule has 0 amide bonds. The molecule has 20 heavy (non-hydrogen) atoms. The quantitative estimate of drug-likeness (QED) is 0.632. The van der Waals surface area contributed by atoms with E-state index in [0.717, 1.165) is 29.0 Å². The maximum Gasteiger partial charge on any atom is 0.171 e. The minimum Gasteiger partial charge on any atom is -0.224 e. The van der Waals surface area contributed by atoms with Crippen molar-refractivity contribution in [3.05, 3.63) is 45.9 Å². The van der Waals surface area contributed by atoms with Crippen LogP contribution in [0.4, 0.5) is 8.78 Å². The molecule has 6 heteroatoms. The minimum atomic E-state index is -0.736. The van der Waals surface area contributed by atoms with E-state index in [1.165, 1.54) is 11.3 Å². The summed E-state index contributed by atoms with van der Waals surface area (Å²) in [4.78, 5) is 9.23. The fraction of sp³-hybridized carbons (Fsp3) is 0.143. The summed E-state index contributed by atoms with van der Waals surface area (Å²) >= 11 is 7.51. The van der Waals surface area contributed by atoms with E-state index >= 15 is 0 Å². The molecule has 0 aliphatic heterocycles. The van der Waals surface area contributed by atoms with Crippen LogP contribution in [0.5, 0.6) is 0 Å². The molecule has 0 spiro atoms. The molecule has 0 saturated heterocycles. The summed E-state index contributed by atoms with van der Waals surface area (Å²) in [5, 5.41) is 2.16. The van der Waals surface area contributed by atoms with E-state index in [4.69, 9.17) is 11.6 Å². The van der Waals surface area contributed by atoms with Gasteiger partial charge >= 0.3 is 0 Å². The van der Waals surface area contributed by atoms with Crippen LogP contribution in [0.25, 0.3) is 21.6 Å². The maximum absolute atomic E-state index is 13.8. The van der Waals surface area contributed by atoms with Gasteiger partial charge in [0.1, 0.15) is 16.5 Å². The Hall–Kier alpha value is -1.59. The van der Waals surface area contributed by atoms with Gasteiger partial charge in [0, 0.05) is 11.5 Å². The van der Waals surface area contributed by atoms with Crippen molar-refractivity contribution in [2.75, 3.05) is 0 Å². The maximum atomic E-state index is 13.8. The van der Waals surface area contributed by atoms with Gasteiger partial charge in [-0.2, -0.15) is 0 Å². The highest BCUT2D eigenvalue weighted by atomic mass is 35.5. The van der Waals surface area contributed by atoms with Crippen molar-refractivity contribution in [3.63, 3.8) is 0 Å². The molecular weight excluding hydrogens is 302 g/mol. The van der Waals surface area contributed by atoms with Crippen LogP contribution >= 0.6 is 22.9 Å². The first kappa shape index (κ1) is 13.4. The smallest absolute Gasteiger partial charge is 0.171 e. The lowest BCUT2D eigenvalue weighted by Crippen LogP contribution is -1.95. The van der Waals surface area contributed by atoms with Crippen LogP contribution < -0.4 is 0 Å². The summed E-state index contributed by atoms with van der Waals surface area (Å²) in [5.74, 6) is -1.06. The number of aryl methyl sites for hydroxylation is 1. The standard InChI is InChI=1S/C14H9ClF2N2S/c1-2-7-3-4-20-12(7)14-18-11-9(13(15)19-14)5-8(16)6-10(11)17/h3-6H,2H2,1H3. The predicted molar refractivity (Wildman–Crippen MR) is 77.2 cm³/mol. The third-order valence-electron chi connectivity index (χ3n) is 3.00. The molecule has 0 aliphatic carbocycles. The monoisotopic (exact) mass is 310 g/mol. The molecule has 0 saturated carbocycles. The Morgan fingerprint density at radius 1 is 1.25 bits per heavy atom. The number of fused-ring (bicyclic) bond motifs is 1. The molecule has 0 fully saturated rings. The lowest BCUT2D eigenvalue weighted by molar-refractivity contribution is 0.590. The Labute approximate surface area is 123 Å². The summed E-state index contributed by atoms with van der Waals surface area (Å²) in [5.41, 5.74) is 1.12. The lowest BCUT2D eigenvalue weighted by atomic mass is 10.2. The van der Waals surface area contributed by atoms with E-state index in [1.807, 2.05) is 18.4 Å². The molecule has 0 aliphatic rings. The van der Waals surface area contributed by atoms with Crippen LogP contribution in [0.2, 0.25) is 5.15 Å². The van der Waals surface area contributed by atoms with Crippen LogP contribution in [0.15, 0.2) is 23.6 Å². The molecule has 0 unspecified atom stereocenters. The summed E-state index contributed by atoms with van der Waals surface area (Å²) in [7, 11) is 0. The predicted octanol–water partition coefficient (Wildman–Crippen LogP) is 4.85. The average molecular weight is 311 g/mol. The highest BCUT2D eigenvalue weighted by molar-refractivity contribution is 7.13. The zero-order valence-electron chi connectivity index (χ0n) is 10.5. The first-order valence-corrected chi connectivity index (χ1v) is 7.25. The number of hydrogen-bond donors (Lipinski definition) is 0. The third kappa shape index (κ3) is 2.17. The number of nitrogens with zero attached hydrogens (tertiary/aromatic N) is 2. The van der Waals surface area contributed by atoms with Gasteiger partial charge in [0.05, 0.1) is 4.88 Å². The van der Waals surface area contributed by atoms with E-state index in [9.17, 15) is 8.78 Å². The van der Waals surface area contributed by atoms with Crippen LogP contribution in [-0.2, 0) is 6.42 Å². The van der Waals surface area contributed by atoms with Gasteiger partial charge in [0.25, 0.3) is 0 Å². The summed E-state index contributed by atoms with van der Waals surface area (Å²) in [6, 6.07) is 3.91. The second-order valence-corrected chi connectivity index (χ2v) is 5.52. The minimum absolute atomic E-state index is 0.0388. The van der Waals surface area contributed by atoms with E-state index < -0.39 is 11.6 Å². The fourth-order valence-electron chi connectivity index (χ4n) is 2.03. The zero-order valence-corrected chi connectivity index (χ0v) is 12.0. The third-order valence-corrected chi connectivity index (χ3v) is 4.24. The van der Waals surface area contributed by atoms with Crippen molar-refractivity contribution in [2.45, 2.75) is 13.3 Å². The molecule has 2 heterocycles. The summed E-state index contributed by atoms with van der Waals surface area (Å²) in [6.07, 6.45) is 0.823. The van der Waals surface area contributed by atoms with E-state index in [0.29, 0.717) is 5.82 Å². The van der Waals surface area contributed by atoms with Gasteiger partial charge in [-0.3, -0.25) is 0 Å². The van der Waals surface area contributed by atoms with Crippen molar-refractivity contribution >= 4 is 33.8 Å². The van der Waals surface area contributed by atoms with Crippen molar-refractivity contribution in [1.29, 1.82) is 0 Å². The highest BCUT2D eigenvalue weighted by Gasteiger charge is 2.15. The largest absolute Gasteiger partial charge is 0.224 e. The number of thiophene rings is 1. The lowest BCUT2D eigenvalue weighted by Gasteiger charge is -2.06. The van der Waals surface area contributed by atoms with Crippen LogP contribution in [0.1, 0.15) is 12.5 Å². The molecule has 3 rings (SSSR count). The Morgan fingerprint density at radius 2 is 2.05 bits per heavy atom. The normalized spacial score (nSPS) is 11.2. The van der Waals surface area contributed by atoms with Crippen molar-refractivity contribution in [2.24, 2.45) is 0 Å². The summed E-state index contributed by atoms with van der Waals surface area (Å²) < 4.78 is 27.1. The molecule has 1 aromatic carbocycles. The first-order chi connectivity index (χ1) is 9.60. The van der Waals surface area contributed by atoms with Gasteiger partial charge in [-0.25, -0.2) is 18.7 Å². The van der Waals surface area contributed by atoms with Gasteiger partial charge < -0.3 is 0 Å². The van der Waals surface area contributed by atoms with Gasteiger partial charge in [-0.15, -0.1) is 11.3 Å². The number of hydrogen-bond acceptors (Lipinski definition) is 3. The second kappa shape index (κ2) is 5.07. The number of halogens is 3. The second-order valence-electron chi connectivity index (χ2n) is 4.25. The van der Waals surface area contributed by atoms with Gasteiger partial charge in [0.2, 0.25) is 0 Å². The van der Waals surface area contributed by atoms with Gasteiger partial charge in [0.15, 0.2) is 11.6 Å². The van der Waals surface area contributed by atoms with Crippen molar-refractivity contribution in [3.8, 4) is 10.7 Å². The molecule has 2 aromatic heterocycles. The van der Waals surface area contributed by atoms with Crippen LogP contribution in [0, 0.1) is 11.6 Å². The summed E-state index contributed by atoms with van der Waals surface area (Å²) in [6.45, 7) is 2.02. The fourth-order valence-corrected chi connectivity index (χ4v) is 3.19. The molecule has 0 N–H and O–H groups in total. The molecule has 0 atom stereocenters. The number of aromatic nitrogens is 2. The molecule has 2 nitrogen and oxygen atoms in total.